The molecular weight excluding hydrogens is 815 g/mol. The summed E-state index contributed by atoms with van der Waals surface area (Å²) in [5.41, 5.74) is 0. The molecule has 0 amide bonds. The molecule has 8 atom stereocenters. The van der Waals surface area contributed by atoms with E-state index in [1.165, 1.54) is 116 Å². The van der Waals surface area contributed by atoms with Crippen molar-refractivity contribution in [3.05, 3.63) is 24.3 Å². The highest BCUT2D eigenvalue weighted by Crippen LogP contribution is 2.47. The Morgan fingerprint density at radius 2 is 0.871 bits per heavy atom. The Morgan fingerprint density at radius 1 is 0.500 bits per heavy atom. The summed E-state index contributed by atoms with van der Waals surface area (Å²) in [6.07, 6.45) is 29.4. The molecule has 1 aliphatic carbocycles. The van der Waals surface area contributed by atoms with Crippen molar-refractivity contribution in [2.75, 3.05) is 13.2 Å². The van der Waals surface area contributed by atoms with E-state index in [1.807, 2.05) is 0 Å². The SMILES string of the molecule is CCCCC/C=C\C/C=C\CCCCCCCCCCCC(=O)O[C@H](COC(=O)CCCCCCCCCCCCCCCC)COP(=O)(O)OC1C(O)C(O)C(O)[C@@H](O)C1O. The van der Waals surface area contributed by atoms with E-state index in [2.05, 4.69) is 38.2 Å². The Hall–Kier alpha value is -1.67. The maximum atomic E-state index is 12.8. The highest BCUT2D eigenvalue weighted by Gasteiger charge is 2.51. The molecule has 62 heavy (non-hydrogen) atoms. The third-order valence-corrected chi connectivity index (χ3v) is 12.5. The summed E-state index contributed by atoms with van der Waals surface area (Å²) in [7, 11) is -5.12. The molecule has 0 aromatic carbocycles. The van der Waals surface area contributed by atoms with Crippen molar-refractivity contribution in [2.45, 2.75) is 256 Å². The lowest BCUT2D eigenvalue weighted by Crippen LogP contribution is -2.64. The average molecular weight is 905 g/mol. The van der Waals surface area contributed by atoms with Crippen LogP contribution >= 0.6 is 7.82 Å². The van der Waals surface area contributed by atoms with Gasteiger partial charge in [-0.2, -0.15) is 0 Å². The van der Waals surface area contributed by atoms with Crippen molar-refractivity contribution >= 4 is 19.8 Å². The second-order valence-corrected chi connectivity index (χ2v) is 18.7. The maximum Gasteiger partial charge on any atom is 0.472 e. The van der Waals surface area contributed by atoms with E-state index in [4.69, 9.17) is 18.5 Å². The monoisotopic (exact) mass is 905 g/mol. The molecule has 1 rings (SSSR count). The number of ether oxygens (including phenoxy) is 2. The number of carbonyl (C=O) groups excluding carboxylic acids is 2. The Bertz CT molecular complexity index is 1180. The highest BCUT2D eigenvalue weighted by atomic mass is 31.2. The minimum atomic E-state index is -5.12. The number of esters is 2. The van der Waals surface area contributed by atoms with Crippen LogP contribution in [0.1, 0.15) is 213 Å². The minimum Gasteiger partial charge on any atom is -0.462 e. The molecule has 364 valence electrons. The number of hydrogen-bond acceptors (Lipinski definition) is 12. The molecule has 0 aromatic heterocycles. The Balaban J connectivity index is 2.42. The lowest BCUT2D eigenvalue weighted by atomic mass is 9.85. The summed E-state index contributed by atoms with van der Waals surface area (Å²) in [4.78, 5) is 35.8. The fraction of sp³-hybridized carbons (Fsp3) is 0.875. The first-order chi connectivity index (χ1) is 29.9. The smallest absolute Gasteiger partial charge is 0.462 e. The van der Waals surface area contributed by atoms with Crippen LogP contribution in [0.3, 0.4) is 0 Å². The van der Waals surface area contributed by atoms with Gasteiger partial charge in [0.05, 0.1) is 6.61 Å². The molecule has 0 saturated heterocycles. The summed E-state index contributed by atoms with van der Waals surface area (Å²) in [6, 6.07) is 0. The molecule has 0 radical (unpaired) electrons. The number of aliphatic hydroxyl groups excluding tert-OH is 5. The van der Waals surface area contributed by atoms with Gasteiger partial charge in [-0.25, -0.2) is 4.57 Å². The average Bonchev–Trinajstić information content (AvgIpc) is 3.25. The largest absolute Gasteiger partial charge is 0.472 e. The van der Waals surface area contributed by atoms with Crippen molar-refractivity contribution in [1.29, 1.82) is 0 Å². The van der Waals surface area contributed by atoms with Gasteiger partial charge in [-0.05, 0) is 44.9 Å². The van der Waals surface area contributed by atoms with E-state index in [1.54, 1.807) is 0 Å². The van der Waals surface area contributed by atoms with E-state index in [9.17, 15) is 44.6 Å². The summed E-state index contributed by atoms with van der Waals surface area (Å²) in [5, 5.41) is 50.2. The number of phosphoric acid groups is 1. The molecule has 0 aromatic rings. The molecular formula is C48H89O13P. The molecule has 6 N–H and O–H groups in total. The zero-order valence-electron chi connectivity index (χ0n) is 38.7. The van der Waals surface area contributed by atoms with Crippen LogP contribution in [0.2, 0.25) is 0 Å². The van der Waals surface area contributed by atoms with Crippen LogP contribution in [0.25, 0.3) is 0 Å². The molecule has 1 aliphatic rings. The zero-order valence-corrected chi connectivity index (χ0v) is 39.6. The van der Waals surface area contributed by atoms with Crippen LogP contribution < -0.4 is 0 Å². The second-order valence-electron chi connectivity index (χ2n) is 17.3. The zero-order chi connectivity index (χ0) is 45.7. The van der Waals surface area contributed by atoms with E-state index >= 15 is 0 Å². The third kappa shape index (κ3) is 30.5. The van der Waals surface area contributed by atoms with E-state index in [-0.39, 0.29) is 12.8 Å². The predicted octanol–water partition coefficient (Wildman–Crippen LogP) is 10.0. The fourth-order valence-electron chi connectivity index (χ4n) is 7.55. The number of phosphoric ester groups is 1. The van der Waals surface area contributed by atoms with Crippen LogP contribution in [0.4, 0.5) is 0 Å². The van der Waals surface area contributed by atoms with Crippen LogP contribution in [-0.4, -0.2) is 98.3 Å². The number of allylic oxidation sites excluding steroid dienone is 4. The van der Waals surface area contributed by atoms with Crippen LogP contribution in [0.5, 0.6) is 0 Å². The third-order valence-electron chi connectivity index (χ3n) is 11.5. The normalized spacial score (nSPS) is 22.0. The lowest BCUT2D eigenvalue weighted by Gasteiger charge is -2.41. The van der Waals surface area contributed by atoms with Gasteiger partial charge in [0.25, 0.3) is 0 Å². The number of hydrogen-bond donors (Lipinski definition) is 6. The quantitative estimate of drug-likeness (QED) is 0.0146. The number of rotatable bonds is 41. The van der Waals surface area contributed by atoms with Gasteiger partial charge in [-0.1, -0.05) is 179 Å². The van der Waals surface area contributed by atoms with Gasteiger partial charge in [0.2, 0.25) is 0 Å². The van der Waals surface area contributed by atoms with Gasteiger partial charge >= 0.3 is 19.8 Å². The van der Waals surface area contributed by atoms with Gasteiger partial charge in [0.1, 0.15) is 43.2 Å². The van der Waals surface area contributed by atoms with E-state index < -0.39 is 75.7 Å². The molecule has 14 heteroatoms. The van der Waals surface area contributed by atoms with Crippen LogP contribution in [-0.2, 0) is 32.7 Å². The number of carbonyl (C=O) groups is 2. The molecule has 0 bridgehead atoms. The van der Waals surface area contributed by atoms with Crippen molar-refractivity contribution in [1.82, 2.24) is 0 Å². The lowest BCUT2D eigenvalue weighted by molar-refractivity contribution is -0.220. The van der Waals surface area contributed by atoms with Crippen LogP contribution in [0, 0.1) is 0 Å². The van der Waals surface area contributed by atoms with Gasteiger partial charge < -0.3 is 39.9 Å². The molecule has 13 nitrogen and oxygen atoms in total. The Labute approximate surface area is 375 Å². The molecule has 0 aliphatic heterocycles. The fourth-order valence-corrected chi connectivity index (χ4v) is 8.53. The first kappa shape index (κ1) is 58.3. The van der Waals surface area contributed by atoms with E-state index in [0.717, 1.165) is 57.8 Å². The summed E-state index contributed by atoms with van der Waals surface area (Å²) >= 11 is 0. The van der Waals surface area contributed by atoms with Gasteiger partial charge in [0.15, 0.2) is 6.10 Å². The summed E-state index contributed by atoms with van der Waals surface area (Å²) in [5.74, 6) is -1.09. The predicted molar refractivity (Wildman–Crippen MR) is 244 cm³/mol. The molecule has 0 heterocycles. The maximum absolute atomic E-state index is 12.8. The van der Waals surface area contributed by atoms with Crippen molar-refractivity contribution in [2.24, 2.45) is 0 Å². The molecule has 6 unspecified atom stereocenters. The first-order valence-electron chi connectivity index (χ1n) is 24.6. The first-order valence-corrected chi connectivity index (χ1v) is 26.1. The standard InChI is InChI=1S/C48H89O13P/c1-3-5-7-9-11-13-15-17-19-20-21-22-23-25-27-29-31-33-35-37-42(50)60-40(39-59-62(56,57)61-48-46(54)44(52)43(51)45(53)47(48)55)38-58-41(49)36-34-32-30-28-26-24-18-16-14-12-10-8-6-4-2/h11,13,17,19,40,43-48,51-55H,3-10,12,14-16,18,20-39H2,1-2H3,(H,56,57)/b13-11-,19-17-/t40-,43?,44-,45?,46?,47?,48?/m1/s1. The Morgan fingerprint density at radius 3 is 1.34 bits per heavy atom. The van der Waals surface area contributed by atoms with Crippen molar-refractivity contribution in [3.8, 4) is 0 Å². The van der Waals surface area contributed by atoms with E-state index in [0.29, 0.717) is 12.8 Å². The van der Waals surface area contributed by atoms with Crippen LogP contribution in [0.15, 0.2) is 24.3 Å². The van der Waals surface area contributed by atoms with Gasteiger partial charge in [0, 0.05) is 12.8 Å². The number of aliphatic hydroxyl groups is 5. The Kier molecular flexibility index (Phi) is 36.3. The second kappa shape index (κ2) is 38.6. The highest BCUT2D eigenvalue weighted by molar-refractivity contribution is 7.47. The van der Waals surface area contributed by atoms with Crippen molar-refractivity contribution < 1.29 is 63.1 Å². The van der Waals surface area contributed by atoms with Crippen molar-refractivity contribution in [3.63, 3.8) is 0 Å². The molecule has 0 spiro atoms. The minimum absolute atomic E-state index is 0.0947. The van der Waals surface area contributed by atoms with Gasteiger partial charge in [-0.3, -0.25) is 18.6 Å². The summed E-state index contributed by atoms with van der Waals surface area (Å²) < 4.78 is 33.6. The molecule has 1 fully saturated rings. The number of unbranched alkanes of at least 4 members (excludes halogenated alkanes) is 25. The van der Waals surface area contributed by atoms with Gasteiger partial charge in [-0.15, -0.1) is 0 Å². The summed E-state index contributed by atoms with van der Waals surface area (Å²) in [6.45, 7) is 3.29. The molecule has 1 saturated carbocycles. The topological polar surface area (TPSA) is 210 Å².